The van der Waals surface area contributed by atoms with Gasteiger partial charge in [0.05, 0.1) is 60.4 Å². The van der Waals surface area contributed by atoms with Gasteiger partial charge in [-0.25, -0.2) is 9.79 Å². The molecule has 5 rings (SSSR count). The Balaban J connectivity index is 1.68. The normalized spacial score (nSPS) is 17.5. The van der Waals surface area contributed by atoms with Crippen LogP contribution in [0, 0.1) is 0 Å². The van der Waals surface area contributed by atoms with Crippen LogP contribution in [-0.4, -0.2) is 57.7 Å². The summed E-state index contributed by atoms with van der Waals surface area (Å²) < 4.78 is 31.3. The van der Waals surface area contributed by atoms with Gasteiger partial charge in [0.25, 0.3) is 5.56 Å². The highest BCUT2D eigenvalue weighted by Gasteiger charge is 2.35. The van der Waals surface area contributed by atoms with Crippen LogP contribution in [0.15, 0.2) is 52.6 Å². The van der Waals surface area contributed by atoms with E-state index in [1.807, 2.05) is 6.07 Å². The third kappa shape index (κ3) is 5.27. The number of ether oxygens (including phenoxy) is 4. The van der Waals surface area contributed by atoms with Gasteiger partial charge >= 0.3 is 5.97 Å². The molecule has 1 aromatic carbocycles. The van der Waals surface area contributed by atoms with Gasteiger partial charge in [0.15, 0.2) is 16.3 Å². The Morgan fingerprint density at radius 1 is 1.15 bits per heavy atom. The number of anilines is 1. The van der Waals surface area contributed by atoms with Crippen LogP contribution in [0.1, 0.15) is 31.2 Å². The van der Waals surface area contributed by atoms with Crippen molar-refractivity contribution in [2.45, 2.75) is 19.9 Å². The average Bonchev–Trinajstić information content (AvgIpc) is 3.46. The molecule has 1 saturated heterocycles. The Bertz CT molecular complexity index is 1670. The molecule has 3 aromatic rings. The number of fused-ring (bicyclic) bond motifs is 1. The fourth-order valence-electron chi connectivity index (χ4n) is 4.72. The van der Waals surface area contributed by atoms with E-state index in [1.165, 1.54) is 23.0 Å². The minimum absolute atomic E-state index is 0.179. The Kier molecular flexibility index (Phi) is 8.55. The molecule has 0 bridgehead atoms. The van der Waals surface area contributed by atoms with E-state index in [1.54, 1.807) is 39.2 Å². The maximum atomic E-state index is 14.0. The Morgan fingerprint density at radius 3 is 2.52 bits per heavy atom. The van der Waals surface area contributed by atoms with Crippen LogP contribution in [0.2, 0.25) is 0 Å². The van der Waals surface area contributed by atoms with Gasteiger partial charge < -0.3 is 28.3 Å². The largest absolute Gasteiger partial charge is 0.493 e. The molecule has 1 atom stereocenters. The zero-order valence-corrected chi connectivity index (χ0v) is 26.3. The molecule has 0 radical (unpaired) electrons. The maximum absolute atomic E-state index is 14.0. The number of thiazole rings is 1. The molecule has 2 aromatic heterocycles. The number of carbonyl (C=O) groups excluding carboxylic acids is 1. The topological polar surface area (TPSA) is 105 Å². The number of allylic oxidation sites excluding steroid dienone is 1. The van der Waals surface area contributed by atoms with E-state index in [0.717, 1.165) is 4.47 Å². The number of esters is 1. The van der Waals surface area contributed by atoms with Crippen molar-refractivity contribution in [1.82, 2.24) is 4.57 Å². The number of methoxy groups -OCH3 is 2. The van der Waals surface area contributed by atoms with E-state index >= 15 is 0 Å². The summed E-state index contributed by atoms with van der Waals surface area (Å²) in [7, 11) is 3.07. The van der Waals surface area contributed by atoms with Crippen molar-refractivity contribution in [3.05, 3.63) is 69.4 Å². The van der Waals surface area contributed by atoms with E-state index in [4.69, 9.17) is 23.4 Å². The third-order valence-corrected chi connectivity index (χ3v) is 8.81. The SMILES string of the molecule is CCOC(=O)C1=C(C)N=c2s/c(=C/c3cc(Br)c(N4CCOCC4)o3)c(=O)n2[C@@H]1c1cc(OC)c(OC)cc1Br. The smallest absolute Gasteiger partial charge is 0.338 e. The predicted molar refractivity (Wildman–Crippen MR) is 157 cm³/mol. The van der Waals surface area contributed by atoms with E-state index < -0.39 is 12.0 Å². The predicted octanol–water partition coefficient (Wildman–Crippen LogP) is 3.77. The highest BCUT2D eigenvalue weighted by molar-refractivity contribution is 9.11. The maximum Gasteiger partial charge on any atom is 0.338 e. The van der Waals surface area contributed by atoms with Gasteiger partial charge in [-0.1, -0.05) is 27.3 Å². The molecule has 10 nitrogen and oxygen atoms in total. The molecular weight excluding hydrogens is 670 g/mol. The second-order valence-corrected chi connectivity index (χ2v) is 11.7. The second-order valence-electron chi connectivity index (χ2n) is 8.93. The third-order valence-electron chi connectivity index (χ3n) is 6.57. The quantitative estimate of drug-likeness (QED) is 0.344. The molecule has 2 aliphatic heterocycles. The summed E-state index contributed by atoms with van der Waals surface area (Å²) in [6, 6.07) is 4.51. The van der Waals surface area contributed by atoms with Crippen LogP contribution in [0.3, 0.4) is 0 Å². The molecule has 4 heterocycles. The van der Waals surface area contributed by atoms with E-state index in [2.05, 4.69) is 41.8 Å². The van der Waals surface area contributed by atoms with Crippen molar-refractivity contribution in [3.8, 4) is 11.5 Å². The first kappa shape index (κ1) is 28.7. The number of benzene rings is 1. The lowest BCUT2D eigenvalue weighted by Crippen LogP contribution is -2.40. The van der Waals surface area contributed by atoms with Crippen molar-refractivity contribution >= 4 is 61.1 Å². The van der Waals surface area contributed by atoms with Crippen molar-refractivity contribution in [1.29, 1.82) is 0 Å². The molecule has 0 unspecified atom stereocenters. The zero-order valence-electron chi connectivity index (χ0n) is 22.3. The molecule has 0 amide bonds. The highest BCUT2D eigenvalue weighted by Crippen LogP contribution is 2.41. The lowest BCUT2D eigenvalue weighted by Gasteiger charge is -2.26. The van der Waals surface area contributed by atoms with Gasteiger partial charge in [-0.2, -0.15) is 0 Å². The minimum Gasteiger partial charge on any atom is -0.493 e. The fraction of sp³-hybridized carbons (Fsp3) is 0.370. The molecule has 0 aliphatic carbocycles. The van der Waals surface area contributed by atoms with Crippen molar-refractivity contribution < 1.29 is 28.2 Å². The van der Waals surface area contributed by atoms with Gasteiger partial charge in [-0.15, -0.1) is 0 Å². The lowest BCUT2D eigenvalue weighted by atomic mass is 9.95. The molecule has 2 aliphatic rings. The number of nitrogens with zero attached hydrogens (tertiary/aromatic N) is 3. The second kappa shape index (κ2) is 11.9. The van der Waals surface area contributed by atoms with Crippen molar-refractivity contribution in [2.75, 3.05) is 52.0 Å². The average molecular weight is 697 g/mol. The molecule has 0 saturated carbocycles. The highest BCUT2D eigenvalue weighted by atomic mass is 79.9. The first-order chi connectivity index (χ1) is 19.3. The van der Waals surface area contributed by atoms with Gasteiger partial charge in [0.2, 0.25) is 5.88 Å². The number of carbonyl (C=O) groups is 1. The van der Waals surface area contributed by atoms with Gasteiger partial charge in [0.1, 0.15) is 5.76 Å². The fourth-order valence-corrected chi connectivity index (χ4v) is 6.85. The summed E-state index contributed by atoms with van der Waals surface area (Å²) >= 11 is 8.42. The molecule has 13 heteroatoms. The number of rotatable bonds is 7. The van der Waals surface area contributed by atoms with E-state index in [-0.39, 0.29) is 17.7 Å². The number of aromatic nitrogens is 1. The van der Waals surface area contributed by atoms with Crippen LogP contribution >= 0.6 is 43.2 Å². The number of hydrogen-bond acceptors (Lipinski definition) is 10. The van der Waals surface area contributed by atoms with Crippen LogP contribution < -0.4 is 29.3 Å². The zero-order chi connectivity index (χ0) is 28.6. The Morgan fingerprint density at radius 2 is 1.85 bits per heavy atom. The van der Waals surface area contributed by atoms with E-state index in [9.17, 15) is 9.59 Å². The van der Waals surface area contributed by atoms with Crippen molar-refractivity contribution in [3.63, 3.8) is 0 Å². The lowest BCUT2D eigenvalue weighted by molar-refractivity contribution is -0.139. The van der Waals surface area contributed by atoms with E-state index in [0.29, 0.717) is 74.5 Å². The molecular formula is C27H27Br2N3O7S. The van der Waals surface area contributed by atoms with Gasteiger partial charge in [0, 0.05) is 29.7 Å². The van der Waals surface area contributed by atoms with Crippen LogP contribution in [0.4, 0.5) is 5.88 Å². The Labute approximate surface area is 250 Å². The number of halogens is 2. The molecule has 1 fully saturated rings. The first-order valence-electron chi connectivity index (χ1n) is 12.5. The standard InChI is InChI=1S/C27H27Br2N3O7S/c1-5-38-26(34)22-14(2)30-27-32(23(22)16-12-19(35-3)20(36-4)13-17(16)28)24(33)21(40-27)11-15-10-18(29)25(39-15)31-6-8-37-9-7-31/h10-13,23H,5-9H2,1-4H3/b21-11+/t23-/m1/s1. The Hall–Kier alpha value is -2.87. The first-order valence-corrected chi connectivity index (χ1v) is 14.9. The summed E-state index contributed by atoms with van der Waals surface area (Å²) in [6.07, 6.45) is 1.70. The molecule has 212 valence electrons. The number of morpholine rings is 1. The monoisotopic (exact) mass is 695 g/mol. The van der Waals surface area contributed by atoms with Crippen LogP contribution in [0.25, 0.3) is 6.08 Å². The summed E-state index contributed by atoms with van der Waals surface area (Å²) in [5, 5.41) is 0. The summed E-state index contributed by atoms with van der Waals surface area (Å²) in [6.45, 7) is 6.32. The van der Waals surface area contributed by atoms with Gasteiger partial charge in [-0.05, 0) is 47.5 Å². The van der Waals surface area contributed by atoms with Crippen LogP contribution in [-0.2, 0) is 14.3 Å². The van der Waals surface area contributed by atoms with Crippen LogP contribution in [0.5, 0.6) is 11.5 Å². The van der Waals surface area contributed by atoms with Gasteiger partial charge in [-0.3, -0.25) is 9.36 Å². The summed E-state index contributed by atoms with van der Waals surface area (Å²) in [4.78, 5) is 34.4. The molecule has 40 heavy (non-hydrogen) atoms. The number of furan rings is 1. The summed E-state index contributed by atoms with van der Waals surface area (Å²) in [5.74, 6) is 1.62. The minimum atomic E-state index is -0.820. The van der Waals surface area contributed by atoms with Crippen molar-refractivity contribution in [2.24, 2.45) is 4.99 Å². The number of hydrogen-bond donors (Lipinski definition) is 0. The molecule has 0 N–H and O–H groups in total. The molecule has 0 spiro atoms. The summed E-state index contributed by atoms with van der Waals surface area (Å²) in [5.41, 5.74) is 1.04.